The molecule has 1 aromatic rings. The first-order chi connectivity index (χ1) is 6.40. The fraction of sp³-hybridized carbons (Fsp3) is 0.556. The van der Waals surface area contributed by atoms with Gasteiger partial charge in [0.15, 0.2) is 0 Å². The van der Waals surface area contributed by atoms with Crippen molar-refractivity contribution < 1.29 is 0 Å². The Labute approximate surface area is 77.9 Å². The molecule has 70 valence electrons. The summed E-state index contributed by atoms with van der Waals surface area (Å²) in [5.74, 6) is 1.07. The second-order valence-corrected chi connectivity index (χ2v) is 3.32. The molecule has 0 atom stereocenters. The summed E-state index contributed by atoms with van der Waals surface area (Å²) in [6.45, 7) is 7.73. The van der Waals surface area contributed by atoms with Crippen LogP contribution in [0.25, 0.3) is 0 Å². The standard InChI is InChI=1S/C9H14N4/c1-2-4-12-5-3-6-13-8-10-11-9(13)7-12/h2,8H,1,3-7H2. The highest BCUT2D eigenvalue weighted by molar-refractivity contribution is 4.89. The topological polar surface area (TPSA) is 34.0 Å². The fourth-order valence-corrected chi connectivity index (χ4v) is 1.67. The van der Waals surface area contributed by atoms with Gasteiger partial charge in [-0.05, 0) is 6.42 Å². The summed E-state index contributed by atoms with van der Waals surface area (Å²) in [5, 5.41) is 7.99. The molecule has 0 aliphatic carbocycles. The minimum atomic E-state index is 0.895. The lowest BCUT2D eigenvalue weighted by Crippen LogP contribution is -2.23. The lowest BCUT2D eigenvalue weighted by atomic mass is 10.4. The summed E-state index contributed by atoms with van der Waals surface area (Å²) < 4.78 is 2.13. The second kappa shape index (κ2) is 3.70. The number of hydrogen-bond donors (Lipinski definition) is 0. The molecule has 0 fully saturated rings. The Balaban J connectivity index is 2.11. The predicted molar refractivity (Wildman–Crippen MR) is 50.1 cm³/mol. The SMILES string of the molecule is C=CCN1CCCn2cnnc2C1. The Morgan fingerprint density at radius 1 is 1.54 bits per heavy atom. The average Bonchev–Trinajstić information content (AvgIpc) is 2.46. The van der Waals surface area contributed by atoms with Crippen molar-refractivity contribution in [3.05, 3.63) is 24.8 Å². The molecule has 0 radical (unpaired) electrons. The van der Waals surface area contributed by atoms with Gasteiger partial charge in [-0.25, -0.2) is 0 Å². The van der Waals surface area contributed by atoms with Crippen molar-refractivity contribution in [3.8, 4) is 0 Å². The van der Waals surface area contributed by atoms with Crippen molar-refractivity contribution in [1.29, 1.82) is 0 Å². The van der Waals surface area contributed by atoms with Crippen LogP contribution in [0, 0.1) is 0 Å². The number of aromatic nitrogens is 3. The molecule has 0 aromatic carbocycles. The molecule has 1 aromatic heterocycles. The van der Waals surface area contributed by atoms with Crippen molar-refractivity contribution in [2.24, 2.45) is 0 Å². The summed E-state index contributed by atoms with van der Waals surface area (Å²) in [4.78, 5) is 2.33. The number of hydrogen-bond acceptors (Lipinski definition) is 3. The van der Waals surface area contributed by atoms with E-state index in [1.54, 1.807) is 0 Å². The van der Waals surface area contributed by atoms with Crippen LogP contribution >= 0.6 is 0 Å². The van der Waals surface area contributed by atoms with E-state index < -0.39 is 0 Å². The van der Waals surface area contributed by atoms with E-state index in [-0.39, 0.29) is 0 Å². The molecule has 0 unspecified atom stereocenters. The second-order valence-electron chi connectivity index (χ2n) is 3.32. The largest absolute Gasteiger partial charge is 0.316 e. The maximum absolute atomic E-state index is 4.09. The number of fused-ring (bicyclic) bond motifs is 1. The molecular weight excluding hydrogens is 164 g/mol. The maximum atomic E-state index is 4.09. The number of aryl methyl sites for hydroxylation is 1. The van der Waals surface area contributed by atoms with E-state index in [1.165, 1.54) is 6.42 Å². The van der Waals surface area contributed by atoms with E-state index in [0.717, 1.165) is 32.0 Å². The smallest absolute Gasteiger partial charge is 0.147 e. The molecule has 4 nitrogen and oxygen atoms in total. The Morgan fingerprint density at radius 3 is 3.31 bits per heavy atom. The van der Waals surface area contributed by atoms with E-state index in [4.69, 9.17) is 0 Å². The molecule has 0 bridgehead atoms. The summed E-state index contributed by atoms with van der Waals surface area (Å²) in [6, 6.07) is 0. The molecule has 0 saturated heterocycles. The van der Waals surface area contributed by atoms with Crippen LogP contribution in [-0.4, -0.2) is 32.8 Å². The minimum absolute atomic E-state index is 0.895. The van der Waals surface area contributed by atoms with Gasteiger partial charge in [0.05, 0.1) is 6.54 Å². The molecule has 1 aliphatic heterocycles. The van der Waals surface area contributed by atoms with Gasteiger partial charge in [0.1, 0.15) is 12.2 Å². The van der Waals surface area contributed by atoms with Crippen molar-refractivity contribution in [3.63, 3.8) is 0 Å². The molecule has 2 heterocycles. The van der Waals surface area contributed by atoms with Crippen molar-refractivity contribution in [1.82, 2.24) is 19.7 Å². The third-order valence-electron chi connectivity index (χ3n) is 2.32. The van der Waals surface area contributed by atoms with Gasteiger partial charge in [0, 0.05) is 19.6 Å². The van der Waals surface area contributed by atoms with Crippen molar-refractivity contribution in [2.45, 2.75) is 19.5 Å². The highest BCUT2D eigenvalue weighted by atomic mass is 15.3. The molecular formula is C9H14N4. The summed E-state index contributed by atoms with van der Waals surface area (Å²) >= 11 is 0. The molecule has 0 saturated carbocycles. The monoisotopic (exact) mass is 178 g/mol. The van der Waals surface area contributed by atoms with E-state index in [2.05, 4.69) is 26.2 Å². The first kappa shape index (κ1) is 8.44. The molecule has 13 heavy (non-hydrogen) atoms. The van der Waals surface area contributed by atoms with Gasteiger partial charge in [-0.15, -0.1) is 16.8 Å². The van der Waals surface area contributed by atoms with Crippen LogP contribution in [-0.2, 0) is 13.1 Å². The first-order valence-electron chi connectivity index (χ1n) is 4.60. The highest BCUT2D eigenvalue weighted by Crippen LogP contribution is 2.08. The zero-order valence-corrected chi connectivity index (χ0v) is 7.69. The lowest BCUT2D eigenvalue weighted by Gasteiger charge is -2.15. The number of nitrogens with zero attached hydrogens (tertiary/aromatic N) is 4. The van der Waals surface area contributed by atoms with E-state index in [1.807, 2.05) is 12.4 Å². The lowest BCUT2D eigenvalue weighted by molar-refractivity contribution is 0.296. The Bertz CT molecular complexity index is 292. The van der Waals surface area contributed by atoms with Gasteiger partial charge in [-0.3, -0.25) is 4.90 Å². The van der Waals surface area contributed by atoms with Gasteiger partial charge in [-0.1, -0.05) is 6.08 Å². The van der Waals surface area contributed by atoms with Crippen LogP contribution < -0.4 is 0 Å². The Kier molecular flexibility index (Phi) is 2.40. The van der Waals surface area contributed by atoms with Crippen LogP contribution in [0.5, 0.6) is 0 Å². The zero-order chi connectivity index (χ0) is 9.10. The van der Waals surface area contributed by atoms with Crippen LogP contribution in [0.2, 0.25) is 0 Å². The van der Waals surface area contributed by atoms with Crippen LogP contribution in [0.3, 0.4) is 0 Å². The summed E-state index contributed by atoms with van der Waals surface area (Å²) in [5.41, 5.74) is 0. The highest BCUT2D eigenvalue weighted by Gasteiger charge is 2.13. The van der Waals surface area contributed by atoms with Gasteiger partial charge < -0.3 is 4.57 Å². The normalized spacial score (nSPS) is 17.8. The van der Waals surface area contributed by atoms with Gasteiger partial charge in [-0.2, -0.15) is 0 Å². The average molecular weight is 178 g/mol. The summed E-state index contributed by atoms with van der Waals surface area (Å²) in [7, 11) is 0. The van der Waals surface area contributed by atoms with Crippen LogP contribution in [0.1, 0.15) is 12.2 Å². The molecule has 2 rings (SSSR count). The Morgan fingerprint density at radius 2 is 2.46 bits per heavy atom. The fourth-order valence-electron chi connectivity index (χ4n) is 1.67. The summed E-state index contributed by atoms with van der Waals surface area (Å²) in [6.07, 6.45) is 4.91. The first-order valence-corrected chi connectivity index (χ1v) is 4.60. The van der Waals surface area contributed by atoms with Gasteiger partial charge >= 0.3 is 0 Å². The van der Waals surface area contributed by atoms with Gasteiger partial charge in [0.25, 0.3) is 0 Å². The quantitative estimate of drug-likeness (QED) is 0.624. The third kappa shape index (κ3) is 1.78. The van der Waals surface area contributed by atoms with Crippen molar-refractivity contribution >= 4 is 0 Å². The van der Waals surface area contributed by atoms with Gasteiger partial charge in [0.2, 0.25) is 0 Å². The molecule has 0 amide bonds. The van der Waals surface area contributed by atoms with Crippen molar-refractivity contribution in [2.75, 3.05) is 13.1 Å². The van der Waals surface area contributed by atoms with E-state index in [9.17, 15) is 0 Å². The van der Waals surface area contributed by atoms with E-state index >= 15 is 0 Å². The zero-order valence-electron chi connectivity index (χ0n) is 7.69. The number of rotatable bonds is 2. The molecule has 0 N–H and O–H groups in total. The Hall–Kier alpha value is -1.16. The maximum Gasteiger partial charge on any atom is 0.147 e. The minimum Gasteiger partial charge on any atom is -0.316 e. The van der Waals surface area contributed by atoms with Crippen LogP contribution in [0.15, 0.2) is 19.0 Å². The molecule has 0 spiro atoms. The predicted octanol–water partition coefficient (Wildman–Crippen LogP) is 0.670. The van der Waals surface area contributed by atoms with Crippen LogP contribution in [0.4, 0.5) is 0 Å². The third-order valence-corrected chi connectivity index (χ3v) is 2.32. The molecule has 1 aliphatic rings. The van der Waals surface area contributed by atoms with E-state index in [0.29, 0.717) is 0 Å². The molecule has 4 heteroatoms.